The summed E-state index contributed by atoms with van der Waals surface area (Å²) in [5, 5.41) is 11.1. The number of halogens is 2. The monoisotopic (exact) mass is 574 g/mol. The molecule has 0 radical (unpaired) electrons. The fourth-order valence-corrected chi connectivity index (χ4v) is 6.18. The Kier molecular flexibility index (Phi) is 7.04. The summed E-state index contributed by atoms with van der Waals surface area (Å²) in [4.78, 5) is 4.94. The van der Waals surface area contributed by atoms with Crippen molar-refractivity contribution < 1.29 is 9.13 Å². The molecule has 1 saturated heterocycles. The molecule has 1 unspecified atom stereocenters. The first-order valence-electron chi connectivity index (χ1n) is 12.2. The third-order valence-electron chi connectivity index (χ3n) is 6.52. The third kappa shape index (κ3) is 5.19. The minimum Gasteiger partial charge on any atom is -0.376 e. The van der Waals surface area contributed by atoms with Crippen molar-refractivity contribution in [1.29, 1.82) is 0 Å². The van der Waals surface area contributed by atoms with Crippen molar-refractivity contribution in [2.75, 3.05) is 6.61 Å². The highest BCUT2D eigenvalue weighted by atomic mass is 79.9. The van der Waals surface area contributed by atoms with Crippen LogP contribution in [0.5, 0.6) is 0 Å². The van der Waals surface area contributed by atoms with Gasteiger partial charge in [0.15, 0.2) is 11.0 Å². The molecular weight excluding hydrogens is 551 g/mol. The number of rotatable bonds is 7. The molecule has 8 heteroatoms. The van der Waals surface area contributed by atoms with Crippen molar-refractivity contribution in [3.63, 3.8) is 0 Å². The molecule has 0 aliphatic carbocycles. The molecule has 1 atom stereocenters. The molecule has 0 saturated carbocycles. The number of ether oxygens (including phenoxy) is 1. The van der Waals surface area contributed by atoms with Gasteiger partial charge in [-0.1, -0.05) is 76.2 Å². The summed E-state index contributed by atoms with van der Waals surface area (Å²) >= 11 is 5.09. The molecule has 0 spiro atoms. The molecule has 186 valence electrons. The summed E-state index contributed by atoms with van der Waals surface area (Å²) in [5.74, 6) is 1.10. The van der Waals surface area contributed by atoms with E-state index in [0.717, 1.165) is 68.2 Å². The van der Waals surface area contributed by atoms with E-state index in [1.807, 2.05) is 36.4 Å². The van der Waals surface area contributed by atoms with E-state index in [0.29, 0.717) is 12.3 Å². The minimum atomic E-state index is -0.253. The van der Waals surface area contributed by atoms with Crippen molar-refractivity contribution in [2.45, 2.75) is 36.4 Å². The number of nitrogens with zero attached hydrogens (tertiary/aromatic N) is 4. The molecule has 5 nitrogen and oxygen atoms in total. The Balaban J connectivity index is 1.45. The van der Waals surface area contributed by atoms with Crippen molar-refractivity contribution >= 4 is 38.6 Å². The molecule has 5 aromatic rings. The molecule has 2 aromatic heterocycles. The Morgan fingerprint density at radius 3 is 2.68 bits per heavy atom. The number of thioether (sulfide) groups is 1. The van der Waals surface area contributed by atoms with Gasteiger partial charge in [0.1, 0.15) is 5.82 Å². The Labute approximate surface area is 227 Å². The second-order valence-corrected chi connectivity index (χ2v) is 10.8. The topological polar surface area (TPSA) is 52.8 Å². The lowest BCUT2D eigenvalue weighted by atomic mass is 10.0. The van der Waals surface area contributed by atoms with E-state index in [1.54, 1.807) is 23.9 Å². The number of fused-ring (bicyclic) bond motifs is 1. The SMILES string of the molecule is Fc1ccc(Br)c(CSc2nnc(-c3cc(-c4ccccc4)nc4ccccc34)n2CC2CCCO2)c1. The van der Waals surface area contributed by atoms with Crippen LogP contribution in [0.15, 0.2) is 88.5 Å². The van der Waals surface area contributed by atoms with Crippen LogP contribution in [-0.4, -0.2) is 32.5 Å². The number of para-hydroxylation sites is 1. The zero-order valence-corrected chi connectivity index (χ0v) is 22.4. The maximum absolute atomic E-state index is 13.9. The van der Waals surface area contributed by atoms with Gasteiger partial charge in [-0.2, -0.15) is 0 Å². The predicted molar refractivity (Wildman–Crippen MR) is 149 cm³/mol. The van der Waals surface area contributed by atoms with Crippen LogP contribution < -0.4 is 0 Å². The quantitative estimate of drug-likeness (QED) is 0.188. The highest BCUT2D eigenvalue weighted by Gasteiger charge is 2.23. The highest BCUT2D eigenvalue weighted by molar-refractivity contribution is 9.10. The Bertz CT molecular complexity index is 1550. The number of hydrogen-bond donors (Lipinski definition) is 0. The van der Waals surface area contributed by atoms with Gasteiger partial charge in [-0.15, -0.1) is 10.2 Å². The van der Waals surface area contributed by atoms with E-state index >= 15 is 0 Å². The molecule has 37 heavy (non-hydrogen) atoms. The molecule has 3 aromatic carbocycles. The third-order valence-corrected chi connectivity index (χ3v) is 8.31. The van der Waals surface area contributed by atoms with Gasteiger partial charge in [0.25, 0.3) is 0 Å². The summed E-state index contributed by atoms with van der Waals surface area (Å²) in [7, 11) is 0. The zero-order chi connectivity index (χ0) is 25.2. The van der Waals surface area contributed by atoms with Crippen LogP contribution in [-0.2, 0) is 17.0 Å². The zero-order valence-electron chi connectivity index (χ0n) is 20.0. The lowest BCUT2D eigenvalue weighted by molar-refractivity contribution is 0.0953. The van der Waals surface area contributed by atoms with Crippen LogP contribution >= 0.6 is 27.7 Å². The van der Waals surface area contributed by atoms with Gasteiger partial charge < -0.3 is 4.74 Å². The lowest BCUT2D eigenvalue weighted by Gasteiger charge is -2.16. The second-order valence-electron chi connectivity index (χ2n) is 9.01. The normalized spacial score (nSPS) is 15.5. The summed E-state index contributed by atoms with van der Waals surface area (Å²) in [6.07, 6.45) is 2.16. The van der Waals surface area contributed by atoms with E-state index < -0.39 is 0 Å². The minimum absolute atomic E-state index is 0.108. The van der Waals surface area contributed by atoms with Crippen molar-refractivity contribution in [1.82, 2.24) is 19.7 Å². The van der Waals surface area contributed by atoms with Crippen molar-refractivity contribution in [2.24, 2.45) is 0 Å². The first kappa shape index (κ1) is 24.3. The van der Waals surface area contributed by atoms with Gasteiger partial charge in [-0.25, -0.2) is 9.37 Å². The molecule has 6 rings (SSSR count). The number of aromatic nitrogens is 4. The maximum Gasteiger partial charge on any atom is 0.191 e. The molecule has 1 aliphatic rings. The van der Waals surface area contributed by atoms with Gasteiger partial charge in [-0.05, 0) is 48.7 Å². The van der Waals surface area contributed by atoms with E-state index in [9.17, 15) is 4.39 Å². The van der Waals surface area contributed by atoms with Crippen molar-refractivity contribution in [3.05, 3.63) is 94.7 Å². The van der Waals surface area contributed by atoms with Gasteiger partial charge >= 0.3 is 0 Å². The number of benzene rings is 3. The summed E-state index contributed by atoms with van der Waals surface area (Å²) in [6, 6.07) is 25.2. The molecular formula is C29H24BrFN4OS. The van der Waals surface area contributed by atoms with Crippen LogP contribution in [0.3, 0.4) is 0 Å². The second kappa shape index (κ2) is 10.7. The number of pyridine rings is 1. The van der Waals surface area contributed by atoms with E-state index in [4.69, 9.17) is 9.72 Å². The highest BCUT2D eigenvalue weighted by Crippen LogP contribution is 2.35. The molecule has 1 aliphatic heterocycles. The van der Waals surface area contributed by atoms with Crippen LogP contribution in [0.25, 0.3) is 33.5 Å². The Hall–Kier alpha value is -3.07. The van der Waals surface area contributed by atoms with Gasteiger partial charge in [0, 0.05) is 33.3 Å². The van der Waals surface area contributed by atoms with Crippen LogP contribution in [0.4, 0.5) is 4.39 Å². The molecule has 0 bridgehead atoms. The van der Waals surface area contributed by atoms with E-state index in [1.165, 1.54) is 6.07 Å². The average molecular weight is 576 g/mol. The fourth-order valence-electron chi connectivity index (χ4n) is 4.66. The first-order valence-corrected chi connectivity index (χ1v) is 14.0. The van der Waals surface area contributed by atoms with E-state index in [2.05, 4.69) is 55.0 Å². The Morgan fingerprint density at radius 2 is 1.84 bits per heavy atom. The van der Waals surface area contributed by atoms with E-state index in [-0.39, 0.29) is 11.9 Å². The predicted octanol–water partition coefficient (Wildman–Crippen LogP) is 7.53. The summed E-state index contributed by atoms with van der Waals surface area (Å²) in [6.45, 7) is 1.43. The largest absolute Gasteiger partial charge is 0.376 e. The van der Waals surface area contributed by atoms with Gasteiger partial charge in [0.05, 0.1) is 23.9 Å². The molecule has 3 heterocycles. The summed E-state index contributed by atoms with van der Waals surface area (Å²) in [5.41, 5.74) is 4.69. The standard InChI is InChI=1S/C29H24BrFN4OS/c30-25-13-12-21(31)15-20(25)18-37-29-34-33-28(35(29)17-22-9-6-14-36-22)24-16-27(19-7-2-1-3-8-19)32-26-11-5-4-10-23(24)26/h1-5,7-8,10-13,15-16,22H,6,9,14,17-18H2. The lowest BCUT2D eigenvalue weighted by Crippen LogP contribution is -2.16. The average Bonchev–Trinajstić information content (AvgIpc) is 3.59. The fraction of sp³-hybridized carbons (Fsp3) is 0.207. The molecule has 0 amide bonds. The molecule has 1 fully saturated rings. The van der Waals surface area contributed by atoms with Gasteiger partial charge in [0.2, 0.25) is 0 Å². The molecule has 0 N–H and O–H groups in total. The maximum atomic E-state index is 13.9. The first-order chi connectivity index (χ1) is 18.2. The van der Waals surface area contributed by atoms with Gasteiger partial charge in [-0.3, -0.25) is 4.57 Å². The smallest absolute Gasteiger partial charge is 0.191 e. The van der Waals surface area contributed by atoms with Crippen LogP contribution in [0.1, 0.15) is 18.4 Å². The van der Waals surface area contributed by atoms with Crippen LogP contribution in [0, 0.1) is 5.82 Å². The summed E-state index contributed by atoms with van der Waals surface area (Å²) < 4.78 is 22.9. The number of hydrogen-bond acceptors (Lipinski definition) is 5. The van der Waals surface area contributed by atoms with Crippen LogP contribution in [0.2, 0.25) is 0 Å². The Morgan fingerprint density at radius 1 is 1.00 bits per heavy atom. The van der Waals surface area contributed by atoms with Crippen molar-refractivity contribution in [3.8, 4) is 22.6 Å².